The van der Waals surface area contributed by atoms with Crippen molar-refractivity contribution >= 4 is 16.7 Å². The number of amides is 1. The minimum absolute atomic E-state index is 0.126. The molecule has 3 aromatic rings. The first-order chi connectivity index (χ1) is 11.2. The summed E-state index contributed by atoms with van der Waals surface area (Å²) < 4.78 is 1.68. The van der Waals surface area contributed by atoms with Crippen molar-refractivity contribution in [2.24, 2.45) is 0 Å². The van der Waals surface area contributed by atoms with Gasteiger partial charge in [-0.15, -0.1) is 0 Å². The zero-order valence-electron chi connectivity index (χ0n) is 13.2. The zero-order valence-corrected chi connectivity index (χ0v) is 13.2. The lowest BCUT2D eigenvalue weighted by Gasteiger charge is -2.17. The van der Waals surface area contributed by atoms with Crippen LogP contribution in [0.1, 0.15) is 12.0 Å². The highest BCUT2D eigenvalue weighted by Crippen LogP contribution is 2.19. The topological polar surface area (TPSA) is 51.0 Å². The van der Waals surface area contributed by atoms with E-state index in [1.165, 1.54) is 22.7 Å². The number of hydrogen-bond donors (Lipinski definition) is 0. The van der Waals surface area contributed by atoms with Crippen molar-refractivity contribution in [3.8, 4) is 0 Å². The standard InChI is InChI=1S/C18H20N4O/c1-21(18(23)10-12-22-14-19-13-20-22)11-9-16-7-4-6-15-5-2-3-8-17(15)16/h2-8,13-14H,9-12H2,1H3. The molecule has 0 radical (unpaired) electrons. The van der Waals surface area contributed by atoms with Crippen molar-refractivity contribution in [2.45, 2.75) is 19.4 Å². The number of fused-ring (bicyclic) bond motifs is 1. The maximum absolute atomic E-state index is 12.2. The summed E-state index contributed by atoms with van der Waals surface area (Å²) >= 11 is 0. The van der Waals surface area contributed by atoms with Gasteiger partial charge in [-0.05, 0) is 22.8 Å². The average Bonchev–Trinajstić information content (AvgIpc) is 3.11. The van der Waals surface area contributed by atoms with E-state index in [1.54, 1.807) is 15.9 Å². The van der Waals surface area contributed by atoms with Crippen molar-refractivity contribution in [1.29, 1.82) is 0 Å². The Kier molecular flexibility index (Phi) is 4.66. The zero-order chi connectivity index (χ0) is 16.1. The normalized spacial score (nSPS) is 10.8. The number of aromatic nitrogens is 3. The Bertz CT molecular complexity index is 777. The van der Waals surface area contributed by atoms with E-state index in [4.69, 9.17) is 0 Å². The number of hydrogen-bond acceptors (Lipinski definition) is 3. The third-order valence-corrected chi connectivity index (χ3v) is 4.04. The third kappa shape index (κ3) is 3.74. The van der Waals surface area contributed by atoms with Gasteiger partial charge < -0.3 is 4.90 Å². The van der Waals surface area contributed by atoms with Gasteiger partial charge in [0, 0.05) is 20.0 Å². The van der Waals surface area contributed by atoms with Crippen LogP contribution < -0.4 is 0 Å². The predicted octanol–water partition coefficient (Wildman–Crippen LogP) is 2.52. The molecule has 0 unspecified atom stereocenters. The first-order valence-electron chi connectivity index (χ1n) is 7.77. The first kappa shape index (κ1) is 15.2. The second-order valence-electron chi connectivity index (χ2n) is 5.61. The summed E-state index contributed by atoms with van der Waals surface area (Å²) in [5.74, 6) is 0.126. The molecule has 118 valence electrons. The molecule has 1 heterocycles. The van der Waals surface area contributed by atoms with Crippen LogP contribution in [-0.4, -0.2) is 39.2 Å². The summed E-state index contributed by atoms with van der Waals surface area (Å²) in [4.78, 5) is 17.9. The molecule has 3 rings (SSSR count). The molecule has 5 heteroatoms. The maximum Gasteiger partial charge on any atom is 0.224 e. The molecule has 0 N–H and O–H groups in total. The van der Waals surface area contributed by atoms with E-state index in [2.05, 4.69) is 46.5 Å². The van der Waals surface area contributed by atoms with Crippen LogP contribution in [0.2, 0.25) is 0 Å². The monoisotopic (exact) mass is 308 g/mol. The molecular weight excluding hydrogens is 288 g/mol. The highest BCUT2D eigenvalue weighted by molar-refractivity contribution is 5.85. The van der Waals surface area contributed by atoms with Gasteiger partial charge in [-0.25, -0.2) is 4.98 Å². The van der Waals surface area contributed by atoms with E-state index in [0.29, 0.717) is 19.5 Å². The molecule has 2 aromatic carbocycles. The summed E-state index contributed by atoms with van der Waals surface area (Å²) in [6, 6.07) is 14.7. The second kappa shape index (κ2) is 7.05. The van der Waals surface area contributed by atoms with Gasteiger partial charge in [-0.3, -0.25) is 9.48 Å². The van der Waals surface area contributed by atoms with E-state index in [-0.39, 0.29) is 5.91 Å². The SMILES string of the molecule is CN(CCc1cccc2ccccc12)C(=O)CCn1cncn1. The molecule has 0 aliphatic carbocycles. The summed E-state index contributed by atoms with van der Waals surface area (Å²) in [6.45, 7) is 1.28. The number of rotatable bonds is 6. The van der Waals surface area contributed by atoms with Gasteiger partial charge in [0.05, 0.1) is 6.54 Å². The molecule has 23 heavy (non-hydrogen) atoms. The number of nitrogens with zero attached hydrogens (tertiary/aromatic N) is 4. The van der Waals surface area contributed by atoms with Crippen LogP contribution >= 0.6 is 0 Å². The van der Waals surface area contributed by atoms with E-state index in [0.717, 1.165) is 6.42 Å². The van der Waals surface area contributed by atoms with Gasteiger partial charge in [0.1, 0.15) is 12.7 Å². The van der Waals surface area contributed by atoms with Crippen LogP contribution in [-0.2, 0) is 17.8 Å². The highest BCUT2D eigenvalue weighted by Gasteiger charge is 2.10. The van der Waals surface area contributed by atoms with Gasteiger partial charge in [-0.2, -0.15) is 5.10 Å². The summed E-state index contributed by atoms with van der Waals surface area (Å²) in [7, 11) is 1.86. The van der Waals surface area contributed by atoms with Crippen LogP contribution in [0.4, 0.5) is 0 Å². The quantitative estimate of drug-likeness (QED) is 0.703. The lowest BCUT2D eigenvalue weighted by molar-refractivity contribution is -0.130. The molecule has 0 saturated heterocycles. The average molecular weight is 308 g/mol. The number of carbonyl (C=O) groups excluding carboxylic acids is 1. The molecule has 1 aromatic heterocycles. The number of carbonyl (C=O) groups is 1. The first-order valence-corrected chi connectivity index (χ1v) is 7.77. The molecule has 1 amide bonds. The third-order valence-electron chi connectivity index (χ3n) is 4.04. The molecule has 0 bridgehead atoms. The Morgan fingerprint density at radius 1 is 1.17 bits per heavy atom. The molecule has 0 atom stereocenters. The molecular formula is C18H20N4O. The Hall–Kier alpha value is -2.69. The van der Waals surface area contributed by atoms with Crippen LogP contribution in [0, 0.1) is 0 Å². The lowest BCUT2D eigenvalue weighted by atomic mass is 10.0. The summed E-state index contributed by atoms with van der Waals surface area (Å²) in [5.41, 5.74) is 1.28. The summed E-state index contributed by atoms with van der Waals surface area (Å²) in [5, 5.41) is 6.51. The Morgan fingerprint density at radius 2 is 2.00 bits per heavy atom. The largest absolute Gasteiger partial charge is 0.345 e. The van der Waals surface area contributed by atoms with E-state index < -0.39 is 0 Å². The Morgan fingerprint density at radius 3 is 2.83 bits per heavy atom. The second-order valence-corrected chi connectivity index (χ2v) is 5.61. The molecule has 0 aliphatic rings. The molecule has 0 spiro atoms. The molecule has 5 nitrogen and oxygen atoms in total. The number of benzene rings is 2. The van der Waals surface area contributed by atoms with Crippen molar-refractivity contribution in [3.05, 3.63) is 60.7 Å². The fourth-order valence-corrected chi connectivity index (χ4v) is 2.67. The van der Waals surface area contributed by atoms with Gasteiger partial charge >= 0.3 is 0 Å². The van der Waals surface area contributed by atoms with Gasteiger partial charge in [-0.1, -0.05) is 42.5 Å². The van der Waals surface area contributed by atoms with E-state index >= 15 is 0 Å². The van der Waals surface area contributed by atoms with Crippen LogP contribution in [0.5, 0.6) is 0 Å². The van der Waals surface area contributed by atoms with Crippen molar-refractivity contribution in [3.63, 3.8) is 0 Å². The highest BCUT2D eigenvalue weighted by atomic mass is 16.2. The molecule has 0 fully saturated rings. The van der Waals surface area contributed by atoms with Crippen molar-refractivity contribution in [1.82, 2.24) is 19.7 Å². The van der Waals surface area contributed by atoms with Crippen LogP contribution in [0.25, 0.3) is 10.8 Å². The number of aryl methyl sites for hydroxylation is 1. The van der Waals surface area contributed by atoms with Crippen LogP contribution in [0.3, 0.4) is 0 Å². The summed E-state index contributed by atoms with van der Waals surface area (Å²) in [6.07, 6.45) is 4.40. The van der Waals surface area contributed by atoms with Gasteiger partial charge in [0.25, 0.3) is 0 Å². The van der Waals surface area contributed by atoms with E-state index in [1.807, 2.05) is 13.1 Å². The van der Waals surface area contributed by atoms with Crippen molar-refractivity contribution in [2.75, 3.05) is 13.6 Å². The van der Waals surface area contributed by atoms with Gasteiger partial charge in [0.2, 0.25) is 5.91 Å². The minimum Gasteiger partial charge on any atom is -0.345 e. The maximum atomic E-state index is 12.2. The van der Waals surface area contributed by atoms with E-state index in [9.17, 15) is 4.79 Å². The number of likely N-dealkylation sites (N-methyl/N-ethyl adjacent to an activating group) is 1. The Balaban J connectivity index is 1.57. The fourth-order valence-electron chi connectivity index (χ4n) is 2.67. The van der Waals surface area contributed by atoms with Crippen molar-refractivity contribution < 1.29 is 4.79 Å². The predicted molar refractivity (Wildman–Crippen MR) is 89.9 cm³/mol. The fraction of sp³-hybridized carbons (Fsp3) is 0.278. The smallest absolute Gasteiger partial charge is 0.224 e. The Labute approximate surface area is 135 Å². The van der Waals surface area contributed by atoms with Crippen LogP contribution in [0.15, 0.2) is 55.1 Å². The minimum atomic E-state index is 0.126. The molecule has 0 saturated carbocycles. The lowest BCUT2D eigenvalue weighted by Crippen LogP contribution is -2.29. The molecule has 0 aliphatic heterocycles. The van der Waals surface area contributed by atoms with Gasteiger partial charge in [0.15, 0.2) is 0 Å².